The summed E-state index contributed by atoms with van der Waals surface area (Å²) in [6.07, 6.45) is 2.35. The summed E-state index contributed by atoms with van der Waals surface area (Å²) in [6.45, 7) is 2.09. The van der Waals surface area contributed by atoms with Crippen LogP contribution in [0.1, 0.15) is 30.4 Å². The molecule has 21 heavy (non-hydrogen) atoms. The first kappa shape index (κ1) is 14.0. The average Bonchev–Trinajstić information content (AvgIpc) is 2.52. The first-order valence-electron chi connectivity index (χ1n) is 7.38. The number of hydrogen-bond donors (Lipinski definition) is 1. The molecule has 0 bridgehead atoms. The molecule has 0 aliphatic carbocycles. The summed E-state index contributed by atoms with van der Waals surface area (Å²) in [6, 6.07) is 6.84. The molecule has 2 fully saturated rings. The standard InChI is InChI=1S/C16H18FN3O/c17-16-11(8-18)2-1-3-13(16)10-20-14-6-7-19-9-12(14)4-5-15(20)21/h1-3,12,14,19H,4-7,9-10H2. The Balaban J connectivity index is 1.85. The van der Waals surface area contributed by atoms with Crippen LogP contribution in [0.25, 0.3) is 0 Å². The van der Waals surface area contributed by atoms with Gasteiger partial charge < -0.3 is 10.2 Å². The second-order valence-electron chi connectivity index (χ2n) is 5.77. The van der Waals surface area contributed by atoms with Crippen molar-refractivity contribution in [2.45, 2.75) is 31.8 Å². The maximum Gasteiger partial charge on any atom is 0.223 e. The van der Waals surface area contributed by atoms with Crippen LogP contribution in [-0.4, -0.2) is 29.9 Å². The number of hydrogen-bond acceptors (Lipinski definition) is 3. The lowest BCUT2D eigenvalue weighted by atomic mass is 9.84. The van der Waals surface area contributed by atoms with Crippen molar-refractivity contribution < 1.29 is 9.18 Å². The molecule has 0 radical (unpaired) electrons. The Morgan fingerprint density at radius 2 is 2.29 bits per heavy atom. The molecule has 2 atom stereocenters. The van der Waals surface area contributed by atoms with E-state index in [2.05, 4.69) is 5.32 Å². The first-order chi connectivity index (χ1) is 10.2. The number of rotatable bonds is 2. The number of benzene rings is 1. The summed E-state index contributed by atoms with van der Waals surface area (Å²) in [5.41, 5.74) is 0.473. The van der Waals surface area contributed by atoms with E-state index >= 15 is 0 Å². The average molecular weight is 287 g/mol. The summed E-state index contributed by atoms with van der Waals surface area (Å²) in [4.78, 5) is 14.1. The van der Waals surface area contributed by atoms with Crippen molar-refractivity contribution in [2.24, 2.45) is 5.92 Å². The Bertz CT molecular complexity index is 596. The minimum absolute atomic E-state index is 0.0406. The second-order valence-corrected chi connectivity index (χ2v) is 5.77. The third-order valence-electron chi connectivity index (χ3n) is 4.56. The minimum Gasteiger partial charge on any atom is -0.335 e. The van der Waals surface area contributed by atoms with E-state index in [-0.39, 0.29) is 24.1 Å². The molecule has 0 aromatic heterocycles. The molecule has 0 saturated carbocycles. The number of likely N-dealkylation sites (tertiary alicyclic amines) is 1. The molecule has 1 N–H and O–H groups in total. The molecule has 110 valence electrons. The van der Waals surface area contributed by atoms with Crippen molar-refractivity contribution in [2.75, 3.05) is 13.1 Å². The maximum absolute atomic E-state index is 14.2. The zero-order valence-corrected chi connectivity index (χ0v) is 11.8. The van der Waals surface area contributed by atoms with E-state index in [1.54, 1.807) is 12.1 Å². The van der Waals surface area contributed by atoms with Crippen molar-refractivity contribution in [1.29, 1.82) is 5.26 Å². The van der Waals surface area contributed by atoms with Gasteiger partial charge >= 0.3 is 0 Å². The number of carbonyl (C=O) groups excluding carboxylic acids is 1. The fourth-order valence-corrected chi connectivity index (χ4v) is 3.43. The molecular formula is C16H18FN3O. The summed E-state index contributed by atoms with van der Waals surface area (Å²) in [5, 5.41) is 12.3. The van der Waals surface area contributed by atoms with Crippen LogP contribution in [0.3, 0.4) is 0 Å². The molecule has 5 heteroatoms. The van der Waals surface area contributed by atoms with E-state index in [0.717, 1.165) is 25.9 Å². The molecular weight excluding hydrogens is 269 g/mol. The third-order valence-corrected chi connectivity index (χ3v) is 4.56. The Morgan fingerprint density at radius 1 is 1.43 bits per heavy atom. The Hall–Kier alpha value is -1.93. The van der Waals surface area contributed by atoms with Crippen molar-refractivity contribution in [3.05, 3.63) is 35.1 Å². The molecule has 1 aromatic carbocycles. The van der Waals surface area contributed by atoms with Crippen LogP contribution < -0.4 is 5.32 Å². The monoisotopic (exact) mass is 287 g/mol. The summed E-state index contributed by atoms with van der Waals surface area (Å²) < 4.78 is 14.2. The number of amides is 1. The zero-order valence-electron chi connectivity index (χ0n) is 11.8. The van der Waals surface area contributed by atoms with Gasteiger partial charge in [0.15, 0.2) is 0 Å². The van der Waals surface area contributed by atoms with Crippen LogP contribution in [0.5, 0.6) is 0 Å². The van der Waals surface area contributed by atoms with E-state index in [1.165, 1.54) is 6.07 Å². The highest BCUT2D eigenvalue weighted by Crippen LogP contribution is 2.30. The van der Waals surface area contributed by atoms with Gasteiger partial charge in [0, 0.05) is 24.6 Å². The zero-order chi connectivity index (χ0) is 14.8. The molecule has 2 heterocycles. The lowest BCUT2D eigenvalue weighted by Crippen LogP contribution is -2.54. The predicted molar refractivity (Wildman–Crippen MR) is 75.7 cm³/mol. The van der Waals surface area contributed by atoms with Crippen LogP contribution in [0.2, 0.25) is 0 Å². The first-order valence-corrected chi connectivity index (χ1v) is 7.38. The normalized spacial score (nSPS) is 25.3. The molecule has 2 aliphatic rings. The van der Waals surface area contributed by atoms with Crippen molar-refractivity contribution in [3.63, 3.8) is 0 Å². The molecule has 4 nitrogen and oxygen atoms in total. The molecule has 1 aromatic rings. The van der Waals surface area contributed by atoms with E-state index in [4.69, 9.17) is 5.26 Å². The number of nitrogens with zero attached hydrogens (tertiary/aromatic N) is 2. The molecule has 1 amide bonds. The van der Waals surface area contributed by atoms with Gasteiger partial charge in [-0.2, -0.15) is 5.26 Å². The number of nitrogens with one attached hydrogen (secondary N) is 1. The topological polar surface area (TPSA) is 56.1 Å². The van der Waals surface area contributed by atoms with E-state index in [0.29, 0.717) is 17.9 Å². The van der Waals surface area contributed by atoms with E-state index in [9.17, 15) is 9.18 Å². The van der Waals surface area contributed by atoms with Gasteiger partial charge in [-0.3, -0.25) is 4.79 Å². The highest BCUT2D eigenvalue weighted by atomic mass is 19.1. The fourth-order valence-electron chi connectivity index (χ4n) is 3.43. The minimum atomic E-state index is -0.496. The highest BCUT2D eigenvalue weighted by Gasteiger charge is 2.37. The predicted octanol–water partition coefficient (Wildman–Crippen LogP) is 1.80. The Morgan fingerprint density at radius 3 is 3.10 bits per heavy atom. The fraction of sp³-hybridized carbons (Fsp3) is 0.500. The van der Waals surface area contributed by atoms with Crippen molar-refractivity contribution in [3.8, 4) is 6.07 Å². The molecule has 3 rings (SSSR count). The Kier molecular flexibility index (Phi) is 3.89. The van der Waals surface area contributed by atoms with E-state index in [1.807, 2.05) is 11.0 Å². The van der Waals surface area contributed by atoms with Crippen LogP contribution in [-0.2, 0) is 11.3 Å². The van der Waals surface area contributed by atoms with Gasteiger partial charge in [-0.05, 0) is 37.9 Å². The maximum atomic E-state index is 14.2. The number of nitriles is 1. The van der Waals surface area contributed by atoms with Gasteiger partial charge in [-0.1, -0.05) is 12.1 Å². The number of piperidine rings is 2. The lowest BCUT2D eigenvalue weighted by molar-refractivity contribution is -0.140. The second kappa shape index (κ2) is 5.82. The van der Waals surface area contributed by atoms with Crippen LogP contribution in [0.15, 0.2) is 18.2 Å². The van der Waals surface area contributed by atoms with Crippen LogP contribution in [0.4, 0.5) is 4.39 Å². The largest absolute Gasteiger partial charge is 0.335 e. The summed E-state index contributed by atoms with van der Waals surface area (Å²) >= 11 is 0. The summed E-state index contributed by atoms with van der Waals surface area (Å²) in [5.74, 6) is 0.0578. The number of fused-ring (bicyclic) bond motifs is 1. The SMILES string of the molecule is N#Cc1cccc(CN2C(=O)CCC3CNCCC32)c1F. The number of halogens is 1. The molecule has 0 spiro atoms. The van der Waals surface area contributed by atoms with Crippen LogP contribution in [0, 0.1) is 23.1 Å². The van der Waals surface area contributed by atoms with Gasteiger partial charge in [0.05, 0.1) is 5.56 Å². The lowest BCUT2D eigenvalue weighted by Gasteiger charge is -2.44. The quantitative estimate of drug-likeness (QED) is 0.902. The Labute approximate surface area is 123 Å². The van der Waals surface area contributed by atoms with Gasteiger partial charge in [0.2, 0.25) is 5.91 Å². The van der Waals surface area contributed by atoms with Crippen LogP contribution >= 0.6 is 0 Å². The molecule has 2 unspecified atom stereocenters. The van der Waals surface area contributed by atoms with Crippen molar-refractivity contribution >= 4 is 5.91 Å². The highest BCUT2D eigenvalue weighted by molar-refractivity contribution is 5.77. The number of carbonyl (C=O) groups is 1. The summed E-state index contributed by atoms with van der Waals surface area (Å²) in [7, 11) is 0. The van der Waals surface area contributed by atoms with Gasteiger partial charge in [0.25, 0.3) is 0 Å². The van der Waals surface area contributed by atoms with Crippen molar-refractivity contribution in [1.82, 2.24) is 10.2 Å². The van der Waals surface area contributed by atoms with Gasteiger partial charge in [-0.15, -0.1) is 0 Å². The molecule has 2 saturated heterocycles. The van der Waals surface area contributed by atoms with E-state index < -0.39 is 5.82 Å². The van der Waals surface area contributed by atoms with Gasteiger partial charge in [0.1, 0.15) is 11.9 Å². The third kappa shape index (κ3) is 2.64. The smallest absolute Gasteiger partial charge is 0.223 e. The van der Waals surface area contributed by atoms with Gasteiger partial charge in [-0.25, -0.2) is 4.39 Å². The molecule has 2 aliphatic heterocycles.